The molecular formula is C19H14N2O5. The molecule has 1 aliphatic heterocycles. The number of carbonyl (C=O) groups is 1. The van der Waals surface area contributed by atoms with E-state index in [9.17, 15) is 20.0 Å². The van der Waals surface area contributed by atoms with Crippen molar-refractivity contribution in [3.63, 3.8) is 0 Å². The maximum atomic E-state index is 12.5. The number of allylic oxidation sites excluding steroid dienone is 2. The van der Waals surface area contributed by atoms with Crippen LogP contribution in [-0.4, -0.2) is 15.8 Å². The first-order chi connectivity index (χ1) is 12.6. The second kappa shape index (κ2) is 5.15. The molecule has 0 bridgehead atoms. The Morgan fingerprint density at radius 1 is 1.19 bits per heavy atom. The largest absolute Gasteiger partial charge is 0.433 e. The highest BCUT2D eigenvalue weighted by molar-refractivity contribution is 6.03. The van der Waals surface area contributed by atoms with Crippen LogP contribution < -0.4 is 5.32 Å². The van der Waals surface area contributed by atoms with E-state index in [4.69, 9.17) is 4.42 Å². The van der Waals surface area contributed by atoms with Gasteiger partial charge in [0.15, 0.2) is 5.78 Å². The number of carbonyl (C=O) groups excluding carboxylic acids is 1. The Morgan fingerprint density at radius 3 is 2.77 bits per heavy atom. The molecule has 1 aromatic heterocycles. The van der Waals surface area contributed by atoms with Crippen molar-refractivity contribution in [2.24, 2.45) is 0 Å². The van der Waals surface area contributed by atoms with Crippen molar-refractivity contribution in [1.82, 2.24) is 5.32 Å². The van der Waals surface area contributed by atoms with E-state index in [1.54, 1.807) is 0 Å². The molecule has 0 spiro atoms. The zero-order valence-electron chi connectivity index (χ0n) is 13.6. The second-order valence-electron chi connectivity index (χ2n) is 6.63. The van der Waals surface area contributed by atoms with Gasteiger partial charge in [0.1, 0.15) is 16.8 Å². The van der Waals surface area contributed by atoms with Gasteiger partial charge in [-0.15, -0.1) is 0 Å². The summed E-state index contributed by atoms with van der Waals surface area (Å²) in [7, 11) is 0. The molecule has 26 heavy (non-hydrogen) atoms. The molecular weight excluding hydrogens is 336 g/mol. The van der Waals surface area contributed by atoms with E-state index >= 15 is 0 Å². The van der Waals surface area contributed by atoms with Crippen LogP contribution in [0.15, 0.2) is 57.7 Å². The third kappa shape index (κ3) is 1.89. The smallest absolute Gasteiger partial charge is 0.405 e. The van der Waals surface area contributed by atoms with Crippen LogP contribution >= 0.6 is 0 Å². The van der Waals surface area contributed by atoms with Crippen molar-refractivity contribution in [1.29, 1.82) is 0 Å². The minimum atomic E-state index is -0.898. The standard InChI is InChI=1S/C19H14N2O5/c22-12-6-5-11-15(12)16(13-7-8-14(26-13)21(24)25)17-18(20-11)9-3-1-2-4-10(9)19(17)23/h1-4,7-8,16,19-20,23H,5-6H2. The fourth-order valence-corrected chi connectivity index (χ4v) is 4.20. The molecule has 2 atom stereocenters. The number of dihydropyridines is 1. The highest BCUT2D eigenvalue weighted by atomic mass is 16.6. The highest BCUT2D eigenvalue weighted by Crippen LogP contribution is 2.53. The second-order valence-corrected chi connectivity index (χ2v) is 6.63. The Balaban J connectivity index is 1.72. The third-order valence-corrected chi connectivity index (χ3v) is 5.29. The number of benzene rings is 1. The van der Waals surface area contributed by atoms with Gasteiger partial charge in [0.2, 0.25) is 0 Å². The van der Waals surface area contributed by atoms with Gasteiger partial charge >= 0.3 is 5.88 Å². The predicted octanol–water partition coefficient (Wildman–Crippen LogP) is 2.95. The number of hydrogen-bond donors (Lipinski definition) is 2. The predicted molar refractivity (Wildman–Crippen MR) is 90.8 cm³/mol. The molecule has 0 amide bonds. The van der Waals surface area contributed by atoms with Crippen LogP contribution in [0, 0.1) is 10.1 Å². The number of ketones is 1. The van der Waals surface area contributed by atoms with Crippen LogP contribution in [0.3, 0.4) is 0 Å². The molecule has 0 radical (unpaired) electrons. The molecule has 3 aliphatic rings. The monoisotopic (exact) mass is 350 g/mol. The zero-order valence-corrected chi connectivity index (χ0v) is 13.6. The van der Waals surface area contributed by atoms with E-state index in [-0.39, 0.29) is 11.7 Å². The van der Waals surface area contributed by atoms with E-state index in [1.807, 2.05) is 24.3 Å². The van der Waals surface area contributed by atoms with Crippen molar-refractivity contribution in [3.8, 4) is 0 Å². The summed E-state index contributed by atoms with van der Waals surface area (Å²) in [4.78, 5) is 22.9. The molecule has 2 aromatic rings. The number of aliphatic hydroxyl groups is 1. The van der Waals surface area contributed by atoms with Crippen molar-refractivity contribution < 1.29 is 19.2 Å². The first kappa shape index (κ1) is 15.1. The van der Waals surface area contributed by atoms with Gasteiger partial charge in [-0.3, -0.25) is 14.9 Å². The van der Waals surface area contributed by atoms with Crippen LogP contribution in [0.1, 0.15) is 41.8 Å². The van der Waals surface area contributed by atoms with Gasteiger partial charge < -0.3 is 14.8 Å². The van der Waals surface area contributed by atoms with Crippen LogP contribution in [0.25, 0.3) is 5.70 Å². The SMILES string of the molecule is O=C1CCC2=C1C(c1ccc([N+](=O)[O-])o1)C1=C(N2)c2ccccc2C1O. The van der Waals surface area contributed by atoms with Gasteiger partial charge in [-0.1, -0.05) is 24.3 Å². The maximum absolute atomic E-state index is 12.5. The number of Topliss-reactive ketones (excluding diaryl/α,β-unsaturated/α-hetero) is 1. The van der Waals surface area contributed by atoms with Gasteiger partial charge in [0.05, 0.1) is 12.0 Å². The van der Waals surface area contributed by atoms with E-state index < -0.39 is 16.9 Å². The summed E-state index contributed by atoms with van der Waals surface area (Å²) in [5.74, 6) is -0.711. The number of hydrogen-bond acceptors (Lipinski definition) is 6. The van der Waals surface area contributed by atoms with Crippen molar-refractivity contribution in [2.45, 2.75) is 24.9 Å². The van der Waals surface area contributed by atoms with E-state index in [0.717, 1.165) is 22.5 Å². The Bertz CT molecular complexity index is 1050. The minimum Gasteiger partial charge on any atom is -0.405 e. The lowest BCUT2D eigenvalue weighted by Crippen LogP contribution is -2.24. The van der Waals surface area contributed by atoms with Crippen LogP contribution in [0.4, 0.5) is 5.88 Å². The number of rotatable bonds is 2. The van der Waals surface area contributed by atoms with Crippen molar-refractivity contribution in [3.05, 3.63) is 80.2 Å². The van der Waals surface area contributed by atoms with Gasteiger partial charge in [-0.25, -0.2) is 0 Å². The summed E-state index contributed by atoms with van der Waals surface area (Å²) in [5, 5.41) is 25.3. The fraction of sp³-hybridized carbons (Fsp3) is 0.211. The molecule has 5 rings (SSSR count). The lowest BCUT2D eigenvalue weighted by atomic mass is 9.82. The normalized spacial score (nSPS) is 23.7. The summed E-state index contributed by atoms with van der Waals surface area (Å²) in [5.41, 5.74) is 4.37. The molecule has 2 aliphatic carbocycles. The molecule has 0 saturated carbocycles. The number of fused-ring (bicyclic) bond motifs is 2. The third-order valence-electron chi connectivity index (χ3n) is 5.29. The fourth-order valence-electron chi connectivity index (χ4n) is 4.20. The molecule has 2 heterocycles. The number of nitro groups is 1. The average molecular weight is 350 g/mol. The van der Waals surface area contributed by atoms with E-state index in [1.165, 1.54) is 12.1 Å². The minimum absolute atomic E-state index is 0.0220. The zero-order chi connectivity index (χ0) is 18.0. The lowest BCUT2D eigenvalue weighted by Gasteiger charge is -2.28. The Kier molecular flexibility index (Phi) is 2.99. The average Bonchev–Trinajstić information content (AvgIpc) is 3.33. The summed E-state index contributed by atoms with van der Waals surface area (Å²) in [6.07, 6.45) is 0.0722. The molecule has 130 valence electrons. The molecule has 0 saturated heterocycles. The molecule has 7 nitrogen and oxygen atoms in total. The van der Waals surface area contributed by atoms with Crippen molar-refractivity contribution in [2.75, 3.05) is 0 Å². The van der Waals surface area contributed by atoms with Crippen LogP contribution in [0.5, 0.6) is 0 Å². The molecule has 1 aromatic carbocycles. The first-order valence-corrected chi connectivity index (χ1v) is 8.35. The van der Waals surface area contributed by atoms with Gasteiger partial charge in [0, 0.05) is 34.5 Å². The maximum Gasteiger partial charge on any atom is 0.433 e. The summed E-state index contributed by atoms with van der Waals surface area (Å²) in [6.45, 7) is 0. The van der Waals surface area contributed by atoms with Crippen LogP contribution in [-0.2, 0) is 4.79 Å². The van der Waals surface area contributed by atoms with E-state index in [2.05, 4.69) is 5.32 Å². The van der Waals surface area contributed by atoms with E-state index in [0.29, 0.717) is 29.7 Å². The summed E-state index contributed by atoms with van der Waals surface area (Å²) in [6, 6.07) is 10.3. The Hall–Kier alpha value is -3.19. The quantitative estimate of drug-likeness (QED) is 0.637. The number of nitrogens with one attached hydrogen (secondary N) is 1. The number of furan rings is 1. The van der Waals surface area contributed by atoms with Gasteiger partial charge in [0.25, 0.3) is 0 Å². The topological polar surface area (TPSA) is 106 Å². The molecule has 2 unspecified atom stereocenters. The Morgan fingerprint density at radius 2 is 2.00 bits per heavy atom. The number of nitrogens with zero attached hydrogens (tertiary/aromatic N) is 1. The van der Waals surface area contributed by atoms with Gasteiger partial charge in [-0.05, 0) is 18.1 Å². The van der Waals surface area contributed by atoms with Crippen LogP contribution in [0.2, 0.25) is 0 Å². The number of aliphatic hydroxyl groups excluding tert-OH is 1. The highest BCUT2D eigenvalue weighted by Gasteiger charge is 2.46. The molecule has 0 fully saturated rings. The van der Waals surface area contributed by atoms with Crippen molar-refractivity contribution >= 4 is 17.4 Å². The first-order valence-electron chi connectivity index (χ1n) is 8.35. The lowest BCUT2D eigenvalue weighted by molar-refractivity contribution is -0.402. The van der Waals surface area contributed by atoms with Gasteiger partial charge in [-0.2, -0.15) is 0 Å². The molecule has 7 heteroatoms. The molecule has 2 N–H and O–H groups in total. The Labute approximate surface area is 147 Å². The summed E-state index contributed by atoms with van der Waals surface area (Å²) >= 11 is 0. The summed E-state index contributed by atoms with van der Waals surface area (Å²) < 4.78 is 5.44.